The van der Waals surface area contributed by atoms with Crippen LogP contribution in [0.3, 0.4) is 0 Å². The van der Waals surface area contributed by atoms with Gasteiger partial charge in [-0.2, -0.15) is 5.10 Å². The number of urea groups is 1. The fourth-order valence-electron chi connectivity index (χ4n) is 2.50. The molecule has 3 amide bonds. The molecule has 8 heteroatoms. The minimum Gasteiger partial charge on any atom is -0.448 e. The van der Waals surface area contributed by atoms with Gasteiger partial charge in [0.15, 0.2) is 6.10 Å². The average Bonchev–Trinajstić information content (AvgIpc) is 3.24. The molecule has 0 saturated carbocycles. The van der Waals surface area contributed by atoms with Gasteiger partial charge in [-0.15, -0.1) is 0 Å². The third-order valence-corrected chi connectivity index (χ3v) is 4.05. The highest BCUT2D eigenvalue weighted by atomic mass is 16.5. The van der Waals surface area contributed by atoms with Crippen molar-refractivity contribution in [1.82, 2.24) is 20.8 Å². The van der Waals surface area contributed by atoms with Crippen LogP contribution in [0.4, 0.5) is 4.79 Å². The minimum absolute atomic E-state index is 0.108. The molecule has 0 spiro atoms. The van der Waals surface area contributed by atoms with Crippen LogP contribution in [0.1, 0.15) is 23.0 Å². The standard InChI is InChI=1S/C21H20N4O4/c1-14(19(26)23-21(28)22-13-15-8-4-2-5-9-15)29-20(27)18-12-17(24-25-18)16-10-6-3-7-11-16/h2-12,14H,13H2,1H3,(H,24,25)(H2,22,23,26,28)/t14-/m0/s1. The molecule has 3 rings (SSSR count). The van der Waals surface area contributed by atoms with Gasteiger partial charge in [-0.1, -0.05) is 60.7 Å². The SMILES string of the molecule is C[C@H](OC(=O)c1cc(-c2ccccc2)n[nH]1)C(=O)NC(=O)NCc1ccccc1. The van der Waals surface area contributed by atoms with E-state index in [-0.39, 0.29) is 12.2 Å². The summed E-state index contributed by atoms with van der Waals surface area (Å²) in [6.45, 7) is 1.65. The zero-order valence-corrected chi connectivity index (χ0v) is 15.7. The molecule has 3 aromatic rings. The highest BCUT2D eigenvalue weighted by molar-refractivity contribution is 5.98. The first kappa shape index (κ1) is 19.8. The molecule has 1 atom stereocenters. The topological polar surface area (TPSA) is 113 Å². The number of carbonyl (C=O) groups excluding carboxylic acids is 3. The number of rotatable bonds is 6. The van der Waals surface area contributed by atoms with Gasteiger partial charge in [-0.3, -0.25) is 15.2 Å². The zero-order chi connectivity index (χ0) is 20.6. The monoisotopic (exact) mass is 392 g/mol. The van der Waals surface area contributed by atoms with Gasteiger partial charge in [-0.05, 0) is 18.6 Å². The van der Waals surface area contributed by atoms with Crippen molar-refractivity contribution < 1.29 is 19.1 Å². The molecule has 1 heterocycles. The first-order valence-electron chi connectivity index (χ1n) is 8.97. The Morgan fingerprint density at radius 3 is 2.38 bits per heavy atom. The summed E-state index contributed by atoms with van der Waals surface area (Å²) in [4.78, 5) is 36.2. The third kappa shape index (κ3) is 5.52. The van der Waals surface area contributed by atoms with Gasteiger partial charge in [0, 0.05) is 12.1 Å². The van der Waals surface area contributed by atoms with E-state index in [2.05, 4.69) is 20.8 Å². The summed E-state index contributed by atoms with van der Waals surface area (Å²) < 4.78 is 5.11. The molecule has 8 nitrogen and oxygen atoms in total. The van der Waals surface area contributed by atoms with Crippen LogP contribution in [0.15, 0.2) is 66.7 Å². The number of hydrogen-bond donors (Lipinski definition) is 3. The molecular weight excluding hydrogens is 372 g/mol. The summed E-state index contributed by atoms with van der Waals surface area (Å²) in [6, 6.07) is 19.4. The number of carbonyl (C=O) groups is 3. The Kier molecular flexibility index (Phi) is 6.36. The van der Waals surface area contributed by atoms with Crippen molar-refractivity contribution in [3.63, 3.8) is 0 Å². The molecule has 0 radical (unpaired) electrons. The lowest BCUT2D eigenvalue weighted by Gasteiger charge is -2.12. The smallest absolute Gasteiger partial charge is 0.357 e. The number of nitrogens with zero attached hydrogens (tertiary/aromatic N) is 1. The van der Waals surface area contributed by atoms with Gasteiger partial charge in [0.2, 0.25) is 0 Å². The lowest BCUT2D eigenvalue weighted by atomic mass is 10.1. The number of ether oxygens (including phenoxy) is 1. The second kappa shape index (κ2) is 9.32. The number of amides is 3. The molecular formula is C21H20N4O4. The van der Waals surface area contributed by atoms with Crippen molar-refractivity contribution in [2.45, 2.75) is 19.6 Å². The molecule has 0 aliphatic heterocycles. The summed E-state index contributed by atoms with van der Waals surface area (Å²) in [5.74, 6) is -1.47. The van der Waals surface area contributed by atoms with E-state index in [1.807, 2.05) is 60.7 Å². The normalized spacial score (nSPS) is 11.3. The van der Waals surface area contributed by atoms with Crippen LogP contribution in [0.2, 0.25) is 0 Å². The lowest BCUT2D eigenvalue weighted by Crippen LogP contribution is -2.44. The fourth-order valence-corrected chi connectivity index (χ4v) is 2.50. The summed E-state index contributed by atoms with van der Waals surface area (Å²) >= 11 is 0. The molecule has 1 aromatic heterocycles. The highest BCUT2D eigenvalue weighted by Gasteiger charge is 2.22. The van der Waals surface area contributed by atoms with Crippen molar-refractivity contribution in [2.24, 2.45) is 0 Å². The summed E-state index contributed by atoms with van der Waals surface area (Å²) in [7, 11) is 0. The molecule has 0 bridgehead atoms. The number of benzene rings is 2. The Morgan fingerprint density at radius 1 is 1.03 bits per heavy atom. The Balaban J connectivity index is 1.49. The summed E-state index contributed by atoms with van der Waals surface area (Å²) in [5, 5.41) is 11.4. The van der Waals surface area contributed by atoms with Crippen LogP contribution in [-0.4, -0.2) is 34.2 Å². The van der Waals surface area contributed by atoms with E-state index in [4.69, 9.17) is 4.74 Å². The van der Waals surface area contributed by atoms with E-state index < -0.39 is 24.0 Å². The number of nitrogens with one attached hydrogen (secondary N) is 3. The second-order valence-electron chi connectivity index (χ2n) is 6.24. The van der Waals surface area contributed by atoms with Crippen molar-refractivity contribution in [3.8, 4) is 11.3 Å². The third-order valence-electron chi connectivity index (χ3n) is 4.05. The molecule has 29 heavy (non-hydrogen) atoms. The van der Waals surface area contributed by atoms with Crippen LogP contribution in [0.5, 0.6) is 0 Å². The quantitative estimate of drug-likeness (QED) is 0.558. The van der Waals surface area contributed by atoms with Gasteiger partial charge in [0.25, 0.3) is 5.91 Å². The number of aromatic amines is 1. The van der Waals surface area contributed by atoms with E-state index in [0.29, 0.717) is 5.69 Å². The van der Waals surface area contributed by atoms with Gasteiger partial charge >= 0.3 is 12.0 Å². The second-order valence-corrected chi connectivity index (χ2v) is 6.24. The van der Waals surface area contributed by atoms with Crippen LogP contribution >= 0.6 is 0 Å². The van der Waals surface area contributed by atoms with Gasteiger partial charge in [0.1, 0.15) is 5.69 Å². The van der Waals surface area contributed by atoms with Crippen molar-refractivity contribution in [3.05, 3.63) is 78.0 Å². The summed E-state index contributed by atoms with van der Waals surface area (Å²) in [6.07, 6.45) is -1.16. The lowest BCUT2D eigenvalue weighted by molar-refractivity contribution is -0.127. The van der Waals surface area contributed by atoms with Crippen LogP contribution in [-0.2, 0) is 16.1 Å². The molecule has 0 aliphatic carbocycles. The number of esters is 1. The molecule has 148 valence electrons. The molecule has 3 N–H and O–H groups in total. The highest BCUT2D eigenvalue weighted by Crippen LogP contribution is 2.17. The van der Waals surface area contributed by atoms with Gasteiger partial charge < -0.3 is 10.1 Å². The first-order chi connectivity index (χ1) is 14.0. The van der Waals surface area contributed by atoms with E-state index >= 15 is 0 Å². The first-order valence-corrected chi connectivity index (χ1v) is 8.97. The van der Waals surface area contributed by atoms with E-state index in [1.165, 1.54) is 13.0 Å². The van der Waals surface area contributed by atoms with E-state index in [0.717, 1.165) is 11.1 Å². The van der Waals surface area contributed by atoms with Crippen LogP contribution in [0, 0.1) is 0 Å². The average molecular weight is 392 g/mol. The van der Waals surface area contributed by atoms with Crippen molar-refractivity contribution >= 4 is 17.9 Å². The maximum Gasteiger partial charge on any atom is 0.357 e. The Bertz CT molecular complexity index is 986. The van der Waals surface area contributed by atoms with E-state index in [1.54, 1.807) is 0 Å². The summed E-state index contributed by atoms with van der Waals surface area (Å²) in [5.41, 5.74) is 2.42. The van der Waals surface area contributed by atoms with Crippen LogP contribution < -0.4 is 10.6 Å². The molecule has 0 unspecified atom stereocenters. The number of H-pyrrole nitrogens is 1. The van der Waals surface area contributed by atoms with E-state index in [9.17, 15) is 14.4 Å². The molecule has 2 aromatic carbocycles. The molecule has 0 saturated heterocycles. The van der Waals surface area contributed by atoms with Gasteiger partial charge in [-0.25, -0.2) is 9.59 Å². The number of hydrogen-bond acceptors (Lipinski definition) is 5. The number of aromatic nitrogens is 2. The van der Waals surface area contributed by atoms with Gasteiger partial charge in [0.05, 0.1) is 5.69 Å². The molecule has 0 fully saturated rings. The van der Waals surface area contributed by atoms with Crippen molar-refractivity contribution in [2.75, 3.05) is 0 Å². The zero-order valence-electron chi connectivity index (χ0n) is 15.7. The largest absolute Gasteiger partial charge is 0.448 e. The Hall–Kier alpha value is -3.94. The maximum absolute atomic E-state index is 12.2. The Labute approximate surface area is 167 Å². The Morgan fingerprint density at radius 2 is 1.69 bits per heavy atom. The predicted molar refractivity (Wildman–Crippen MR) is 106 cm³/mol. The predicted octanol–water partition coefficient (Wildman–Crippen LogP) is 2.65. The van der Waals surface area contributed by atoms with Crippen LogP contribution in [0.25, 0.3) is 11.3 Å². The maximum atomic E-state index is 12.2. The fraction of sp³-hybridized carbons (Fsp3) is 0.143. The minimum atomic E-state index is -1.16. The molecule has 0 aliphatic rings. The number of imide groups is 1. The van der Waals surface area contributed by atoms with Crippen molar-refractivity contribution in [1.29, 1.82) is 0 Å².